The summed E-state index contributed by atoms with van der Waals surface area (Å²) in [5.41, 5.74) is 0.394. The molecule has 1 rings (SSSR count). The van der Waals surface area contributed by atoms with Gasteiger partial charge in [-0.2, -0.15) is 0 Å². The van der Waals surface area contributed by atoms with Gasteiger partial charge in [-0.05, 0) is 19.2 Å². The predicted octanol–water partition coefficient (Wildman–Crippen LogP) is 2.76. The van der Waals surface area contributed by atoms with E-state index in [1.165, 1.54) is 0 Å². The number of hydrogen-bond donors (Lipinski definition) is 2. The molecule has 1 unspecified atom stereocenters. The van der Waals surface area contributed by atoms with Crippen molar-refractivity contribution in [3.63, 3.8) is 0 Å². The zero-order valence-corrected chi connectivity index (χ0v) is 10.2. The molecule has 0 aromatic heterocycles. The molecule has 0 saturated heterocycles. The van der Waals surface area contributed by atoms with Gasteiger partial charge in [0.25, 0.3) is 0 Å². The lowest BCUT2D eigenvalue weighted by atomic mass is 10.1. The number of rotatable bonds is 3. The lowest BCUT2D eigenvalue weighted by Crippen LogP contribution is -2.25. The molecule has 0 bridgehead atoms. The van der Waals surface area contributed by atoms with Crippen LogP contribution in [0.2, 0.25) is 10.0 Å². The SMILES string of the molecule is CNC(C(=O)O)c1c(Cl)cccc1Cl.Cl. The monoisotopic (exact) mass is 269 g/mol. The van der Waals surface area contributed by atoms with Crippen LogP contribution in [-0.4, -0.2) is 18.1 Å². The molecule has 0 spiro atoms. The maximum atomic E-state index is 10.9. The van der Waals surface area contributed by atoms with Crippen LogP contribution in [-0.2, 0) is 4.79 Å². The molecule has 0 fully saturated rings. The molecule has 0 aliphatic heterocycles. The fraction of sp³-hybridized carbons (Fsp3) is 0.222. The molecular weight excluding hydrogens is 260 g/mol. The smallest absolute Gasteiger partial charge is 0.325 e. The van der Waals surface area contributed by atoms with Gasteiger partial charge in [0.05, 0.1) is 0 Å². The summed E-state index contributed by atoms with van der Waals surface area (Å²) in [6.07, 6.45) is 0. The van der Waals surface area contributed by atoms with Crippen LogP contribution in [0.15, 0.2) is 18.2 Å². The van der Waals surface area contributed by atoms with E-state index >= 15 is 0 Å². The first-order valence-corrected chi connectivity index (χ1v) is 4.67. The largest absolute Gasteiger partial charge is 0.480 e. The van der Waals surface area contributed by atoms with Crippen LogP contribution >= 0.6 is 35.6 Å². The molecule has 2 N–H and O–H groups in total. The van der Waals surface area contributed by atoms with Gasteiger partial charge >= 0.3 is 5.97 Å². The Kier molecular flexibility index (Phi) is 5.98. The summed E-state index contributed by atoms with van der Waals surface area (Å²) in [6, 6.07) is 4.01. The number of halogens is 3. The maximum absolute atomic E-state index is 10.9. The number of carboxylic acids is 1. The molecule has 0 heterocycles. The highest BCUT2D eigenvalue weighted by Crippen LogP contribution is 2.30. The molecule has 0 aliphatic carbocycles. The van der Waals surface area contributed by atoms with Crippen molar-refractivity contribution in [2.24, 2.45) is 0 Å². The number of benzene rings is 1. The summed E-state index contributed by atoms with van der Waals surface area (Å²) in [5.74, 6) is -1.01. The fourth-order valence-electron chi connectivity index (χ4n) is 1.18. The number of aliphatic carboxylic acids is 1. The van der Waals surface area contributed by atoms with Crippen LogP contribution in [0.4, 0.5) is 0 Å². The second-order valence-corrected chi connectivity index (χ2v) is 3.51. The summed E-state index contributed by atoms with van der Waals surface area (Å²) < 4.78 is 0. The van der Waals surface area contributed by atoms with E-state index < -0.39 is 12.0 Å². The third-order valence-electron chi connectivity index (χ3n) is 1.82. The first kappa shape index (κ1) is 14.5. The average molecular weight is 271 g/mol. The third-order valence-corrected chi connectivity index (χ3v) is 2.48. The Bertz CT molecular complexity index is 337. The zero-order valence-electron chi connectivity index (χ0n) is 7.83. The Labute approximate surface area is 104 Å². The van der Waals surface area contributed by atoms with Crippen molar-refractivity contribution < 1.29 is 9.90 Å². The molecule has 0 aliphatic rings. The van der Waals surface area contributed by atoms with Crippen molar-refractivity contribution >= 4 is 41.6 Å². The Morgan fingerprint density at radius 2 is 1.87 bits per heavy atom. The standard InChI is InChI=1S/C9H9Cl2NO2.ClH/c1-12-8(9(13)14)7-5(10)3-2-4-6(7)11;/h2-4,8,12H,1H3,(H,13,14);1H. The van der Waals surface area contributed by atoms with Crippen molar-refractivity contribution in [3.05, 3.63) is 33.8 Å². The van der Waals surface area contributed by atoms with E-state index in [2.05, 4.69) is 5.32 Å². The van der Waals surface area contributed by atoms with E-state index in [-0.39, 0.29) is 12.4 Å². The van der Waals surface area contributed by atoms with Gasteiger partial charge in [-0.25, -0.2) is 0 Å². The lowest BCUT2D eigenvalue weighted by molar-refractivity contribution is -0.139. The summed E-state index contributed by atoms with van der Waals surface area (Å²) in [4.78, 5) is 10.9. The predicted molar refractivity (Wildman–Crippen MR) is 63.1 cm³/mol. The van der Waals surface area contributed by atoms with Crippen LogP contribution in [0.5, 0.6) is 0 Å². The van der Waals surface area contributed by atoms with Crippen LogP contribution in [0.3, 0.4) is 0 Å². The lowest BCUT2D eigenvalue weighted by Gasteiger charge is -2.14. The van der Waals surface area contributed by atoms with E-state index in [0.29, 0.717) is 15.6 Å². The van der Waals surface area contributed by atoms with E-state index in [1.54, 1.807) is 25.2 Å². The van der Waals surface area contributed by atoms with E-state index in [9.17, 15) is 4.79 Å². The number of hydrogen-bond acceptors (Lipinski definition) is 2. The Balaban J connectivity index is 0.00000196. The molecule has 1 aromatic rings. The normalized spacial score (nSPS) is 11.7. The zero-order chi connectivity index (χ0) is 10.7. The number of likely N-dealkylation sites (N-methyl/N-ethyl adjacent to an activating group) is 1. The van der Waals surface area contributed by atoms with Crippen LogP contribution in [0.25, 0.3) is 0 Å². The molecule has 6 heteroatoms. The van der Waals surface area contributed by atoms with Gasteiger partial charge in [-0.3, -0.25) is 4.79 Å². The second-order valence-electron chi connectivity index (χ2n) is 2.70. The van der Waals surface area contributed by atoms with Crippen LogP contribution in [0, 0.1) is 0 Å². The van der Waals surface area contributed by atoms with Gasteiger partial charge in [0, 0.05) is 15.6 Å². The summed E-state index contributed by atoms with van der Waals surface area (Å²) >= 11 is 11.7. The quantitative estimate of drug-likeness (QED) is 0.888. The number of carbonyl (C=O) groups is 1. The molecule has 0 radical (unpaired) electrons. The van der Waals surface area contributed by atoms with Crippen LogP contribution < -0.4 is 5.32 Å². The van der Waals surface area contributed by atoms with Gasteiger partial charge in [0.2, 0.25) is 0 Å². The van der Waals surface area contributed by atoms with Gasteiger partial charge in [-0.15, -0.1) is 12.4 Å². The highest BCUT2D eigenvalue weighted by molar-refractivity contribution is 6.36. The summed E-state index contributed by atoms with van der Waals surface area (Å²) in [6.45, 7) is 0. The van der Waals surface area contributed by atoms with Crippen molar-refractivity contribution in [1.29, 1.82) is 0 Å². The Morgan fingerprint density at radius 1 is 1.40 bits per heavy atom. The molecule has 0 amide bonds. The van der Waals surface area contributed by atoms with Gasteiger partial charge < -0.3 is 10.4 Å². The van der Waals surface area contributed by atoms with E-state index in [0.717, 1.165) is 0 Å². The molecular formula is C9H10Cl3NO2. The number of nitrogens with one attached hydrogen (secondary N) is 1. The topological polar surface area (TPSA) is 49.3 Å². The highest BCUT2D eigenvalue weighted by atomic mass is 35.5. The minimum atomic E-state index is -1.01. The van der Waals surface area contributed by atoms with E-state index in [4.69, 9.17) is 28.3 Å². The number of carboxylic acid groups (broad SMARTS) is 1. The van der Waals surface area contributed by atoms with E-state index in [1.807, 2.05) is 0 Å². The second kappa shape index (κ2) is 6.18. The van der Waals surface area contributed by atoms with Gasteiger partial charge in [-0.1, -0.05) is 29.3 Å². The molecule has 84 valence electrons. The van der Waals surface area contributed by atoms with Crippen molar-refractivity contribution in [3.8, 4) is 0 Å². The Morgan fingerprint density at radius 3 is 2.20 bits per heavy atom. The maximum Gasteiger partial charge on any atom is 0.325 e. The Hall–Kier alpha value is -0.480. The molecule has 1 aromatic carbocycles. The van der Waals surface area contributed by atoms with Crippen molar-refractivity contribution in [2.45, 2.75) is 6.04 Å². The molecule has 3 nitrogen and oxygen atoms in total. The van der Waals surface area contributed by atoms with Gasteiger partial charge in [0.15, 0.2) is 0 Å². The van der Waals surface area contributed by atoms with Crippen molar-refractivity contribution in [1.82, 2.24) is 5.32 Å². The first-order valence-electron chi connectivity index (χ1n) is 3.92. The first-order chi connectivity index (χ1) is 6.57. The minimum Gasteiger partial charge on any atom is -0.480 e. The van der Waals surface area contributed by atoms with Crippen LogP contribution in [0.1, 0.15) is 11.6 Å². The third kappa shape index (κ3) is 3.24. The fourth-order valence-corrected chi connectivity index (χ4v) is 1.79. The van der Waals surface area contributed by atoms with Gasteiger partial charge in [0.1, 0.15) is 6.04 Å². The summed E-state index contributed by atoms with van der Waals surface area (Å²) in [7, 11) is 1.54. The minimum absolute atomic E-state index is 0. The molecule has 0 saturated carbocycles. The summed E-state index contributed by atoms with van der Waals surface area (Å²) in [5, 5.41) is 12.2. The highest BCUT2D eigenvalue weighted by Gasteiger charge is 2.22. The molecule has 1 atom stereocenters. The molecule has 15 heavy (non-hydrogen) atoms. The average Bonchev–Trinajstić information content (AvgIpc) is 2.10. The van der Waals surface area contributed by atoms with Crippen molar-refractivity contribution in [2.75, 3.05) is 7.05 Å².